The third kappa shape index (κ3) is 6.22. The van der Waals surface area contributed by atoms with E-state index < -0.39 is 0 Å². The molecule has 0 radical (unpaired) electrons. The van der Waals surface area contributed by atoms with E-state index in [0.717, 1.165) is 31.6 Å². The van der Waals surface area contributed by atoms with Crippen LogP contribution in [0.4, 0.5) is 11.4 Å². The zero-order chi connectivity index (χ0) is 21.2. The molecule has 30 heavy (non-hydrogen) atoms. The SMILES string of the molecule is COCCNC(=O)c1cc(NC(=O)COc2ccccc2)ccc1N1CCCCC1. The number of methoxy groups -OCH3 is 1. The summed E-state index contributed by atoms with van der Waals surface area (Å²) in [7, 11) is 1.60. The maximum absolute atomic E-state index is 12.8. The van der Waals surface area contributed by atoms with Crippen molar-refractivity contribution in [2.75, 3.05) is 50.2 Å². The smallest absolute Gasteiger partial charge is 0.262 e. The lowest BCUT2D eigenvalue weighted by Gasteiger charge is -2.30. The van der Waals surface area contributed by atoms with Gasteiger partial charge in [-0.1, -0.05) is 18.2 Å². The molecule has 1 fully saturated rings. The van der Waals surface area contributed by atoms with E-state index in [4.69, 9.17) is 9.47 Å². The Hall–Kier alpha value is -3.06. The topological polar surface area (TPSA) is 79.9 Å². The van der Waals surface area contributed by atoms with Gasteiger partial charge in [0.1, 0.15) is 5.75 Å². The number of hydrogen-bond donors (Lipinski definition) is 2. The van der Waals surface area contributed by atoms with Crippen molar-refractivity contribution >= 4 is 23.2 Å². The van der Waals surface area contributed by atoms with Gasteiger partial charge in [-0.25, -0.2) is 0 Å². The van der Waals surface area contributed by atoms with Gasteiger partial charge in [0.05, 0.1) is 12.2 Å². The quantitative estimate of drug-likeness (QED) is 0.620. The zero-order valence-corrected chi connectivity index (χ0v) is 17.4. The number of benzene rings is 2. The second kappa shape index (κ2) is 11.2. The summed E-state index contributed by atoms with van der Waals surface area (Å²) >= 11 is 0. The number of para-hydroxylation sites is 1. The van der Waals surface area contributed by atoms with Gasteiger partial charge in [0.2, 0.25) is 0 Å². The van der Waals surface area contributed by atoms with Gasteiger partial charge in [0.15, 0.2) is 6.61 Å². The molecule has 0 aliphatic carbocycles. The molecule has 2 amide bonds. The predicted octanol–water partition coefficient (Wildman–Crippen LogP) is 3.07. The Balaban J connectivity index is 1.70. The fraction of sp³-hybridized carbons (Fsp3) is 0.391. The number of rotatable bonds is 9. The number of amides is 2. The molecule has 2 N–H and O–H groups in total. The van der Waals surface area contributed by atoms with Crippen LogP contribution in [0.25, 0.3) is 0 Å². The van der Waals surface area contributed by atoms with Crippen LogP contribution in [0.3, 0.4) is 0 Å². The molecule has 0 spiro atoms. The summed E-state index contributed by atoms with van der Waals surface area (Å²) in [5, 5.41) is 5.70. The molecular formula is C23H29N3O4. The second-order valence-corrected chi connectivity index (χ2v) is 7.18. The fourth-order valence-corrected chi connectivity index (χ4v) is 3.43. The predicted molar refractivity (Wildman–Crippen MR) is 117 cm³/mol. The molecule has 2 aromatic rings. The lowest BCUT2D eigenvalue weighted by atomic mass is 10.1. The number of nitrogens with zero attached hydrogens (tertiary/aromatic N) is 1. The van der Waals surface area contributed by atoms with Gasteiger partial charge in [-0.05, 0) is 49.6 Å². The maximum atomic E-state index is 12.8. The minimum atomic E-state index is -0.282. The lowest BCUT2D eigenvalue weighted by Crippen LogP contribution is -2.33. The van der Waals surface area contributed by atoms with Crippen LogP contribution in [0.5, 0.6) is 5.75 Å². The monoisotopic (exact) mass is 411 g/mol. The van der Waals surface area contributed by atoms with Gasteiger partial charge >= 0.3 is 0 Å². The van der Waals surface area contributed by atoms with E-state index in [1.165, 1.54) is 6.42 Å². The molecule has 0 unspecified atom stereocenters. The summed E-state index contributed by atoms with van der Waals surface area (Å²) in [6, 6.07) is 14.6. The molecule has 0 atom stereocenters. The van der Waals surface area contributed by atoms with Crippen molar-refractivity contribution in [2.45, 2.75) is 19.3 Å². The molecule has 1 saturated heterocycles. The first-order valence-corrected chi connectivity index (χ1v) is 10.3. The maximum Gasteiger partial charge on any atom is 0.262 e. The van der Waals surface area contributed by atoms with Gasteiger partial charge in [0.25, 0.3) is 11.8 Å². The molecule has 1 heterocycles. The molecule has 1 aliphatic rings. The van der Waals surface area contributed by atoms with Gasteiger partial charge in [-0.3, -0.25) is 9.59 Å². The first-order valence-electron chi connectivity index (χ1n) is 10.3. The molecule has 7 nitrogen and oxygen atoms in total. The van der Waals surface area contributed by atoms with Crippen LogP contribution < -0.4 is 20.3 Å². The molecular weight excluding hydrogens is 382 g/mol. The van der Waals surface area contributed by atoms with Crippen molar-refractivity contribution in [1.29, 1.82) is 0 Å². The van der Waals surface area contributed by atoms with Crippen LogP contribution in [0.1, 0.15) is 29.6 Å². The average Bonchev–Trinajstić information content (AvgIpc) is 2.79. The van der Waals surface area contributed by atoms with Crippen molar-refractivity contribution in [2.24, 2.45) is 0 Å². The van der Waals surface area contributed by atoms with Gasteiger partial charge in [-0.15, -0.1) is 0 Å². The molecule has 7 heteroatoms. The van der Waals surface area contributed by atoms with Crippen molar-refractivity contribution in [3.05, 3.63) is 54.1 Å². The van der Waals surface area contributed by atoms with Crippen molar-refractivity contribution in [3.8, 4) is 5.75 Å². The van der Waals surface area contributed by atoms with E-state index >= 15 is 0 Å². The molecule has 0 saturated carbocycles. The van der Waals surface area contributed by atoms with Gasteiger partial charge in [-0.2, -0.15) is 0 Å². The Morgan fingerprint density at radius 2 is 1.80 bits per heavy atom. The third-order valence-electron chi connectivity index (χ3n) is 4.93. The molecule has 160 valence electrons. The molecule has 0 aromatic heterocycles. The standard InChI is InChI=1S/C23H29N3O4/c1-29-15-12-24-23(28)20-16-18(10-11-21(20)26-13-6-3-7-14-26)25-22(27)17-30-19-8-4-2-5-9-19/h2,4-5,8-11,16H,3,6-7,12-15,17H2,1H3,(H,24,28)(H,25,27). The summed E-state index contributed by atoms with van der Waals surface area (Å²) in [5.41, 5.74) is 2.01. The van der Waals surface area contributed by atoms with Gasteiger partial charge < -0.3 is 25.0 Å². The van der Waals surface area contributed by atoms with Crippen LogP contribution in [0.2, 0.25) is 0 Å². The number of anilines is 2. The van der Waals surface area contributed by atoms with Crippen LogP contribution in [0.15, 0.2) is 48.5 Å². The molecule has 2 aromatic carbocycles. The van der Waals surface area contributed by atoms with E-state index in [1.807, 2.05) is 30.3 Å². The van der Waals surface area contributed by atoms with E-state index in [-0.39, 0.29) is 18.4 Å². The van der Waals surface area contributed by atoms with E-state index in [1.54, 1.807) is 25.3 Å². The van der Waals surface area contributed by atoms with Crippen LogP contribution in [-0.4, -0.2) is 51.8 Å². The molecule has 1 aliphatic heterocycles. The highest BCUT2D eigenvalue weighted by Crippen LogP contribution is 2.27. The van der Waals surface area contributed by atoms with Crippen LogP contribution in [0, 0.1) is 0 Å². The summed E-state index contributed by atoms with van der Waals surface area (Å²) in [4.78, 5) is 27.3. The highest BCUT2D eigenvalue weighted by molar-refractivity contribution is 6.02. The van der Waals surface area contributed by atoms with Gasteiger partial charge in [0, 0.05) is 38.1 Å². The van der Waals surface area contributed by atoms with Crippen molar-refractivity contribution < 1.29 is 19.1 Å². The summed E-state index contributed by atoms with van der Waals surface area (Å²) in [5.74, 6) is 0.172. The largest absolute Gasteiger partial charge is 0.484 e. The highest BCUT2D eigenvalue weighted by atomic mass is 16.5. The fourth-order valence-electron chi connectivity index (χ4n) is 3.43. The Kier molecular flexibility index (Phi) is 8.09. The summed E-state index contributed by atoms with van der Waals surface area (Å²) < 4.78 is 10.5. The Morgan fingerprint density at radius 1 is 1.03 bits per heavy atom. The van der Waals surface area contributed by atoms with E-state index in [0.29, 0.717) is 30.2 Å². The molecule has 0 bridgehead atoms. The van der Waals surface area contributed by atoms with Crippen LogP contribution >= 0.6 is 0 Å². The lowest BCUT2D eigenvalue weighted by molar-refractivity contribution is -0.118. The number of ether oxygens (including phenoxy) is 2. The Labute approximate surface area is 177 Å². The normalized spacial score (nSPS) is 13.6. The number of piperidine rings is 1. The summed E-state index contributed by atoms with van der Waals surface area (Å²) in [6.45, 7) is 2.62. The summed E-state index contributed by atoms with van der Waals surface area (Å²) in [6.07, 6.45) is 3.43. The average molecular weight is 412 g/mol. The zero-order valence-electron chi connectivity index (χ0n) is 17.4. The third-order valence-corrected chi connectivity index (χ3v) is 4.93. The highest BCUT2D eigenvalue weighted by Gasteiger charge is 2.19. The van der Waals surface area contributed by atoms with Crippen molar-refractivity contribution in [1.82, 2.24) is 5.32 Å². The Bertz CT molecular complexity index is 836. The minimum absolute atomic E-state index is 0.104. The van der Waals surface area contributed by atoms with E-state index in [2.05, 4.69) is 15.5 Å². The first-order chi connectivity index (χ1) is 14.7. The van der Waals surface area contributed by atoms with Crippen molar-refractivity contribution in [3.63, 3.8) is 0 Å². The second-order valence-electron chi connectivity index (χ2n) is 7.18. The number of hydrogen-bond acceptors (Lipinski definition) is 5. The minimum Gasteiger partial charge on any atom is -0.484 e. The van der Waals surface area contributed by atoms with E-state index in [9.17, 15) is 9.59 Å². The molecule has 3 rings (SSSR count). The number of carbonyl (C=O) groups is 2. The van der Waals surface area contributed by atoms with Crippen LogP contribution in [-0.2, 0) is 9.53 Å². The first kappa shape index (κ1) is 21.6. The number of carbonyl (C=O) groups excluding carboxylic acids is 2. The Morgan fingerprint density at radius 3 is 2.53 bits per heavy atom. The number of nitrogens with one attached hydrogen (secondary N) is 2.